The molecule has 0 unspecified atom stereocenters. The van der Waals surface area contributed by atoms with Gasteiger partial charge >= 0.3 is 5.97 Å². The fourth-order valence-corrected chi connectivity index (χ4v) is 3.23. The fourth-order valence-electron chi connectivity index (χ4n) is 3.23. The number of carbonyl (C=O) groups excluding carboxylic acids is 1. The van der Waals surface area contributed by atoms with Gasteiger partial charge in [0.2, 0.25) is 5.65 Å². The van der Waals surface area contributed by atoms with Crippen LogP contribution in [-0.2, 0) is 9.53 Å². The van der Waals surface area contributed by atoms with Gasteiger partial charge in [-0.15, -0.1) is 10.2 Å². The Labute approximate surface area is 142 Å². The van der Waals surface area contributed by atoms with Gasteiger partial charge < -0.3 is 9.64 Å². The quantitative estimate of drug-likeness (QED) is 0.784. The highest BCUT2D eigenvalue weighted by atomic mass is 16.5. The standard InChI is InChI=1S/C17H25N5O2/c1-12(2)14-10-15(17-19-18-11-22(17)20-14)21-8-6-13(7-9-21)4-5-16(23)24-3/h10-13H,4-9H2,1-3H3. The normalized spacial score (nSPS) is 16.1. The molecular formula is C17H25N5O2. The summed E-state index contributed by atoms with van der Waals surface area (Å²) in [5.74, 6) is 0.826. The minimum Gasteiger partial charge on any atom is -0.469 e. The Balaban J connectivity index is 1.71. The molecule has 2 aromatic heterocycles. The fraction of sp³-hybridized carbons (Fsp3) is 0.647. The molecule has 1 saturated heterocycles. The van der Waals surface area contributed by atoms with Crippen molar-refractivity contribution in [2.45, 2.75) is 45.4 Å². The van der Waals surface area contributed by atoms with Crippen molar-refractivity contribution >= 4 is 17.3 Å². The molecule has 2 aromatic rings. The summed E-state index contributed by atoms with van der Waals surface area (Å²) < 4.78 is 6.50. The Bertz CT molecular complexity index is 704. The van der Waals surface area contributed by atoms with Crippen molar-refractivity contribution in [3.05, 3.63) is 18.1 Å². The summed E-state index contributed by atoms with van der Waals surface area (Å²) in [5.41, 5.74) is 2.97. The molecule has 0 aromatic carbocycles. The van der Waals surface area contributed by atoms with Crippen LogP contribution in [-0.4, -0.2) is 46.0 Å². The highest BCUT2D eigenvalue weighted by Crippen LogP contribution is 2.29. The number of aromatic nitrogens is 4. The average molecular weight is 331 g/mol. The third kappa shape index (κ3) is 3.49. The number of carbonyl (C=O) groups is 1. The molecule has 0 radical (unpaired) electrons. The van der Waals surface area contributed by atoms with E-state index in [1.165, 1.54) is 7.11 Å². The van der Waals surface area contributed by atoms with Crippen molar-refractivity contribution in [1.82, 2.24) is 19.8 Å². The smallest absolute Gasteiger partial charge is 0.305 e. The molecule has 24 heavy (non-hydrogen) atoms. The molecule has 0 saturated carbocycles. The van der Waals surface area contributed by atoms with Gasteiger partial charge in [0.25, 0.3) is 0 Å². The second kappa shape index (κ2) is 7.15. The van der Waals surface area contributed by atoms with Crippen LogP contribution in [0.5, 0.6) is 0 Å². The van der Waals surface area contributed by atoms with E-state index in [0.29, 0.717) is 18.3 Å². The van der Waals surface area contributed by atoms with Crippen LogP contribution >= 0.6 is 0 Å². The van der Waals surface area contributed by atoms with Gasteiger partial charge in [-0.25, -0.2) is 0 Å². The van der Waals surface area contributed by atoms with Gasteiger partial charge in [-0.3, -0.25) is 4.79 Å². The minimum absolute atomic E-state index is 0.113. The number of esters is 1. The predicted octanol–water partition coefficient (Wildman–Crippen LogP) is 2.42. The molecule has 0 bridgehead atoms. The first kappa shape index (κ1) is 16.7. The first-order valence-electron chi connectivity index (χ1n) is 8.61. The van der Waals surface area contributed by atoms with E-state index in [-0.39, 0.29) is 5.97 Å². The maximum atomic E-state index is 11.3. The molecule has 3 rings (SSSR count). The third-order valence-corrected chi connectivity index (χ3v) is 4.80. The molecule has 1 fully saturated rings. The van der Waals surface area contributed by atoms with Crippen LogP contribution in [0.2, 0.25) is 0 Å². The van der Waals surface area contributed by atoms with Crippen LogP contribution in [0.25, 0.3) is 5.65 Å². The molecule has 0 aliphatic carbocycles. The molecule has 3 heterocycles. The first-order valence-corrected chi connectivity index (χ1v) is 8.61. The average Bonchev–Trinajstić information content (AvgIpc) is 3.07. The molecule has 130 valence electrons. The van der Waals surface area contributed by atoms with Gasteiger partial charge in [-0.1, -0.05) is 13.8 Å². The van der Waals surface area contributed by atoms with Crippen LogP contribution in [0.4, 0.5) is 5.69 Å². The second-order valence-corrected chi connectivity index (χ2v) is 6.75. The van der Waals surface area contributed by atoms with Crippen LogP contribution < -0.4 is 4.90 Å². The van der Waals surface area contributed by atoms with Crippen molar-refractivity contribution in [2.24, 2.45) is 5.92 Å². The maximum Gasteiger partial charge on any atom is 0.305 e. The zero-order valence-corrected chi connectivity index (χ0v) is 14.6. The Morgan fingerprint density at radius 1 is 1.38 bits per heavy atom. The number of rotatable bonds is 5. The molecule has 0 spiro atoms. The van der Waals surface area contributed by atoms with Crippen LogP contribution in [0.15, 0.2) is 12.4 Å². The van der Waals surface area contributed by atoms with Crippen LogP contribution in [0.3, 0.4) is 0 Å². The molecular weight excluding hydrogens is 306 g/mol. The molecule has 0 amide bonds. The van der Waals surface area contributed by atoms with E-state index >= 15 is 0 Å². The monoisotopic (exact) mass is 331 g/mol. The number of hydrogen-bond donors (Lipinski definition) is 0. The molecule has 7 nitrogen and oxygen atoms in total. The summed E-state index contributed by atoms with van der Waals surface area (Å²) in [6, 6.07) is 2.14. The lowest BCUT2D eigenvalue weighted by Gasteiger charge is -2.33. The van der Waals surface area contributed by atoms with Gasteiger partial charge in [-0.05, 0) is 37.2 Å². The van der Waals surface area contributed by atoms with E-state index in [1.54, 1.807) is 10.8 Å². The van der Waals surface area contributed by atoms with Gasteiger partial charge in [0, 0.05) is 19.5 Å². The number of hydrogen-bond acceptors (Lipinski definition) is 6. The van der Waals surface area contributed by atoms with Gasteiger partial charge in [-0.2, -0.15) is 9.61 Å². The van der Waals surface area contributed by atoms with E-state index in [4.69, 9.17) is 4.74 Å². The SMILES string of the molecule is COC(=O)CCC1CCN(c2cc(C(C)C)nn3cnnc23)CC1. The third-order valence-electron chi connectivity index (χ3n) is 4.80. The number of fused-ring (bicyclic) bond motifs is 1. The summed E-state index contributed by atoms with van der Waals surface area (Å²) in [4.78, 5) is 13.7. The minimum atomic E-state index is -0.113. The Kier molecular flexibility index (Phi) is 4.97. The molecule has 1 aliphatic rings. The second-order valence-electron chi connectivity index (χ2n) is 6.75. The topological polar surface area (TPSA) is 72.6 Å². The van der Waals surface area contributed by atoms with Gasteiger partial charge in [0.1, 0.15) is 6.33 Å². The molecule has 7 heteroatoms. The molecule has 0 atom stereocenters. The van der Waals surface area contributed by atoms with E-state index < -0.39 is 0 Å². The van der Waals surface area contributed by atoms with Crippen molar-refractivity contribution in [3.8, 4) is 0 Å². The molecule has 1 aliphatic heterocycles. The number of piperidine rings is 1. The largest absolute Gasteiger partial charge is 0.469 e. The Morgan fingerprint density at radius 2 is 2.12 bits per heavy atom. The lowest BCUT2D eigenvalue weighted by atomic mass is 9.92. The van der Waals surface area contributed by atoms with Crippen LogP contribution in [0.1, 0.15) is 51.1 Å². The maximum absolute atomic E-state index is 11.3. The van der Waals surface area contributed by atoms with E-state index in [9.17, 15) is 4.79 Å². The Morgan fingerprint density at radius 3 is 2.79 bits per heavy atom. The van der Waals surface area contributed by atoms with E-state index in [1.807, 2.05) is 0 Å². The zero-order chi connectivity index (χ0) is 17.1. The van der Waals surface area contributed by atoms with E-state index in [2.05, 4.69) is 40.1 Å². The molecule has 0 N–H and O–H groups in total. The summed E-state index contributed by atoms with van der Waals surface area (Å²) in [6.45, 7) is 6.22. The van der Waals surface area contributed by atoms with Crippen molar-refractivity contribution in [2.75, 3.05) is 25.1 Å². The summed E-state index contributed by atoms with van der Waals surface area (Å²) in [5, 5.41) is 12.8. The lowest BCUT2D eigenvalue weighted by molar-refractivity contribution is -0.141. The predicted molar refractivity (Wildman–Crippen MR) is 91.1 cm³/mol. The van der Waals surface area contributed by atoms with Crippen LogP contribution in [0, 0.1) is 5.92 Å². The first-order chi connectivity index (χ1) is 11.6. The van der Waals surface area contributed by atoms with Gasteiger partial charge in [0.15, 0.2) is 0 Å². The van der Waals surface area contributed by atoms with E-state index in [0.717, 1.165) is 49.4 Å². The number of methoxy groups -OCH3 is 1. The number of ether oxygens (including phenoxy) is 1. The zero-order valence-electron chi connectivity index (χ0n) is 14.6. The highest BCUT2D eigenvalue weighted by molar-refractivity contribution is 5.69. The summed E-state index contributed by atoms with van der Waals surface area (Å²) in [7, 11) is 1.45. The summed E-state index contributed by atoms with van der Waals surface area (Å²) in [6.07, 6.45) is 5.25. The number of nitrogens with zero attached hydrogens (tertiary/aromatic N) is 5. The Hall–Kier alpha value is -2.18. The van der Waals surface area contributed by atoms with Crippen molar-refractivity contribution < 1.29 is 9.53 Å². The van der Waals surface area contributed by atoms with Crippen molar-refractivity contribution in [3.63, 3.8) is 0 Å². The number of anilines is 1. The lowest BCUT2D eigenvalue weighted by Crippen LogP contribution is -2.34. The summed E-state index contributed by atoms with van der Waals surface area (Å²) >= 11 is 0. The highest BCUT2D eigenvalue weighted by Gasteiger charge is 2.23. The van der Waals surface area contributed by atoms with Gasteiger partial charge in [0.05, 0.1) is 18.5 Å². The van der Waals surface area contributed by atoms with Crippen molar-refractivity contribution in [1.29, 1.82) is 0 Å².